The van der Waals surface area contributed by atoms with Crippen molar-refractivity contribution in [2.45, 2.75) is 33.2 Å². The predicted molar refractivity (Wildman–Crippen MR) is 55.4 cm³/mol. The van der Waals surface area contributed by atoms with Crippen molar-refractivity contribution in [2.24, 2.45) is 5.92 Å². The van der Waals surface area contributed by atoms with Gasteiger partial charge in [-0.05, 0) is 26.8 Å². The summed E-state index contributed by atoms with van der Waals surface area (Å²) in [6.45, 7) is 7.84. The molecular weight excluding hydrogens is 182 g/mol. The topological polar surface area (TPSA) is 58.6 Å². The van der Waals surface area contributed by atoms with E-state index in [2.05, 4.69) is 5.32 Å². The number of nitrogens with one attached hydrogen (secondary N) is 1. The normalized spacial score (nSPS) is 15.1. The van der Waals surface area contributed by atoms with Crippen molar-refractivity contribution in [2.75, 3.05) is 19.8 Å². The molecule has 0 spiro atoms. The molecule has 0 amide bonds. The van der Waals surface area contributed by atoms with Crippen molar-refractivity contribution in [1.29, 1.82) is 0 Å². The van der Waals surface area contributed by atoms with Gasteiger partial charge in [0.1, 0.15) is 0 Å². The van der Waals surface area contributed by atoms with Gasteiger partial charge in [-0.2, -0.15) is 0 Å². The zero-order chi connectivity index (χ0) is 11.0. The van der Waals surface area contributed by atoms with Gasteiger partial charge in [0.05, 0.1) is 5.92 Å². The van der Waals surface area contributed by atoms with E-state index in [0.717, 1.165) is 26.2 Å². The molecule has 0 aliphatic carbocycles. The maximum atomic E-state index is 10.6. The number of rotatable bonds is 8. The highest BCUT2D eigenvalue weighted by Gasteiger charge is 2.17. The number of ether oxygens (including phenoxy) is 1. The molecule has 0 aromatic heterocycles. The van der Waals surface area contributed by atoms with E-state index >= 15 is 0 Å². The van der Waals surface area contributed by atoms with Crippen LogP contribution >= 0.6 is 0 Å². The Morgan fingerprint density at radius 2 is 2.14 bits per heavy atom. The Bertz CT molecular complexity index is 161. The second-order valence-electron chi connectivity index (χ2n) is 3.42. The summed E-state index contributed by atoms with van der Waals surface area (Å²) < 4.78 is 5.17. The lowest BCUT2D eigenvalue weighted by Crippen LogP contribution is -2.37. The lowest BCUT2D eigenvalue weighted by molar-refractivity contribution is -0.141. The molecule has 0 rings (SSSR count). The third kappa shape index (κ3) is 5.94. The number of carbonyl (C=O) groups is 1. The van der Waals surface area contributed by atoms with Crippen LogP contribution < -0.4 is 5.32 Å². The standard InChI is InChI=1S/C10H21NO3/c1-4-14-7-5-6-11-9(3)8(2)10(12)13/h8-9,11H,4-7H2,1-3H3,(H,12,13). The van der Waals surface area contributed by atoms with Gasteiger partial charge in [0.2, 0.25) is 0 Å². The van der Waals surface area contributed by atoms with Gasteiger partial charge in [0.15, 0.2) is 0 Å². The van der Waals surface area contributed by atoms with Crippen LogP contribution in [0.5, 0.6) is 0 Å². The number of aliphatic carboxylic acids is 1. The summed E-state index contributed by atoms with van der Waals surface area (Å²) in [5.74, 6) is -1.10. The molecule has 0 aromatic carbocycles. The minimum atomic E-state index is -0.755. The number of carboxylic acid groups (broad SMARTS) is 1. The fraction of sp³-hybridized carbons (Fsp3) is 0.900. The first-order valence-electron chi connectivity index (χ1n) is 5.13. The van der Waals surface area contributed by atoms with E-state index in [1.807, 2.05) is 13.8 Å². The molecule has 4 heteroatoms. The van der Waals surface area contributed by atoms with E-state index < -0.39 is 5.97 Å². The van der Waals surface area contributed by atoms with Gasteiger partial charge in [0.25, 0.3) is 0 Å². The molecule has 2 unspecified atom stereocenters. The third-order valence-corrected chi connectivity index (χ3v) is 2.28. The zero-order valence-electron chi connectivity index (χ0n) is 9.25. The highest BCUT2D eigenvalue weighted by Crippen LogP contribution is 2.01. The van der Waals surface area contributed by atoms with Gasteiger partial charge in [-0.25, -0.2) is 0 Å². The Hall–Kier alpha value is -0.610. The van der Waals surface area contributed by atoms with Gasteiger partial charge in [-0.3, -0.25) is 4.79 Å². The smallest absolute Gasteiger partial charge is 0.307 e. The number of hydrogen-bond donors (Lipinski definition) is 2. The first-order valence-corrected chi connectivity index (χ1v) is 5.13. The Labute approximate surface area is 85.6 Å². The maximum absolute atomic E-state index is 10.6. The largest absolute Gasteiger partial charge is 0.481 e. The van der Waals surface area contributed by atoms with Crippen LogP contribution in [0.25, 0.3) is 0 Å². The van der Waals surface area contributed by atoms with Crippen LogP contribution in [-0.4, -0.2) is 36.9 Å². The Morgan fingerprint density at radius 3 is 2.64 bits per heavy atom. The molecular formula is C10H21NO3. The van der Waals surface area contributed by atoms with Gasteiger partial charge in [-0.15, -0.1) is 0 Å². The van der Waals surface area contributed by atoms with E-state index in [9.17, 15) is 4.79 Å². The SMILES string of the molecule is CCOCCCNC(C)C(C)C(=O)O. The van der Waals surface area contributed by atoms with Crippen molar-refractivity contribution in [3.05, 3.63) is 0 Å². The average Bonchev–Trinajstić information content (AvgIpc) is 2.16. The molecule has 0 heterocycles. The van der Waals surface area contributed by atoms with Crippen molar-refractivity contribution in [1.82, 2.24) is 5.32 Å². The highest BCUT2D eigenvalue weighted by molar-refractivity contribution is 5.70. The molecule has 0 aliphatic rings. The van der Waals surface area contributed by atoms with Crippen molar-refractivity contribution in [3.63, 3.8) is 0 Å². The van der Waals surface area contributed by atoms with Gasteiger partial charge in [0, 0.05) is 19.3 Å². The predicted octanol–water partition coefficient (Wildman–Crippen LogP) is 1.11. The summed E-state index contributed by atoms with van der Waals surface area (Å²) in [7, 11) is 0. The van der Waals surface area contributed by atoms with E-state index in [1.165, 1.54) is 0 Å². The first kappa shape index (κ1) is 13.4. The second-order valence-corrected chi connectivity index (χ2v) is 3.42. The fourth-order valence-corrected chi connectivity index (χ4v) is 1.04. The van der Waals surface area contributed by atoms with E-state index in [4.69, 9.17) is 9.84 Å². The minimum Gasteiger partial charge on any atom is -0.481 e. The van der Waals surface area contributed by atoms with Crippen LogP contribution in [0.2, 0.25) is 0 Å². The minimum absolute atomic E-state index is 0.00845. The van der Waals surface area contributed by atoms with Gasteiger partial charge < -0.3 is 15.2 Å². The van der Waals surface area contributed by atoms with Crippen molar-refractivity contribution in [3.8, 4) is 0 Å². The summed E-state index contributed by atoms with van der Waals surface area (Å²) in [6.07, 6.45) is 0.921. The third-order valence-electron chi connectivity index (χ3n) is 2.28. The summed E-state index contributed by atoms with van der Waals surface area (Å²) in [5, 5.41) is 11.9. The second kappa shape index (κ2) is 7.76. The average molecular weight is 203 g/mol. The molecule has 0 aromatic rings. The van der Waals surface area contributed by atoms with Crippen molar-refractivity contribution >= 4 is 5.97 Å². The molecule has 0 bridgehead atoms. The molecule has 2 N–H and O–H groups in total. The van der Waals surface area contributed by atoms with Crippen LogP contribution in [0.4, 0.5) is 0 Å². The molecule has 4 nitrogen and oxygen atoms in total. The Kier molecular flexibility index (Phi) is 7.42. The summed E-state index contributed by atoms with van der Waals surface area (Å²) >= 11 is 0. The van der Waals surface area contributed by atoms with E-state index in [0.29, 0.717) is 0 Å². The van der Waals surface area contributed by atoms with E-state index in [-0.39, 0.29) is 12.0 Å². The number of hydrogen-bond acceptors (Lipinski definition) is 3. The molecule has 0 fully saturated rings. The Balaban J connectivity index is 3.43. The molecule has 0 saturated heterocycles. The number of carboxylic acids is 1. The summed E-state index contributed by atoms with van der Waals surface area (Å²) in [4.78, 5) is 10.6. The first-order chi connectivity index (χ1) is 6.59. The van der Waals surface area contributed by atoms with Gasteiger partial charge in [-0.1, -0.05) is 6.92 Å². The molecule has 84 valence electrons. The van der Waals surface area contributed by atoms with Crippen LogP contribution in [0.1, 0.15) is 27.2 Å². The fourth-order valence-electron chi connectivity index (χ4n) is 1.04. The molecule has 0 saturated carbocycles. The van der Waals surface area contributed by atoms with Crippen LogP contribution in [-0.2, 0) is 9.53 Å². The van der Waals surface area contributed by atoms with Crippen LogP contribution in [0.15, 0.2) is 0 Å². The summed E-state index contributed by atoms with van der Waals surface area (Å²) in [6, 6.07) is 0.00845. The van der Waals surface area contributed by atoms with Crippen LogP contribution in [0, 0.1) is 5.92 Å². The lowest BCUT2D eigenvalue weighted by atomic mass is 10.0. The van der Waals surface area contributed by atoms with Gasteiger partial charge >= 0.3 is 5.97 Å². The lowest BCUT2D eigenvalue weighted by Gasteiger charge is -2.17. The van der Waals surface area contributed by atoms with Crippen LogP contribution in [0.3, 0.4) is 0 Å². The molecule has 0 radical (unpaired) electrons. The van der Waals surface area contributed by atoms with Crippen molar-refractivity contribution < 1.29 is 14.6 Å². The summed E-state index contributed by atoms with van der Waals surface area (Å²) in [5.41, 5.74) is 0. The zero-order valence-corrected chi connectivity index (χ0v) is 9.25. The molecule has 2 atom stereocenters. The molecule has 14 heavy (non-hydrogen) atoms. The maximum Gasteiger partial charge on any atom is 0.307 e. The Morgan fingerprint density at radius 1 is 1.50 bits per heavy atom. The quantitative estimate of drug-likeness (QED) is 0.580. The molecule has 0 aliphatic heterocycles. The highest BCUT2D eigenvalue weighted by atomic mass is 16.5. The monoisotopic (exact) mass is 203 g/mol. The van der Waals surface area contributed by atoms with E-state index in [1.54, 1.807) is 6.92 Å².